The highest BCUT2D eigenvalue weighted by molar-refractivity contribution is 5.94. The Morgan fingerprint density at radius 1 is 1.00 bits per heavy atom. The maximum atomic E-state index is 12.6. The Balaban J connectivity index is 2.10. The van der Waals surface area contributed by atoms with Crippen molar-refractivity contribution in [2.75, 3.05) is 38.9 Å². The van der Waals surface area contributed by atoms with Crippen LogP contribution in [0.5, 0.6) is 0 Å². The van der Waals surface area contributed by atoms with Crippen molar-refractivity contribution in [3.8, 4) is 0 Å². The highest BCUT2D eigenvalue weighted by Crippen LogP contribution is 2.19. The van der Waals surface area contributed by atoms with Gasteiger partial charge >= 0.3 is 0 Å². The zero-order valence-corrected chi connectivity index (χ0v) is 16.7. The number of hydrogen-bond donors (Lipinski definition) is 1. The molecule has 0 unspecified atom stereocenters. The molecule has 0 saturated heterocycles. The Labute approximate surface area is 166 Å². The third kappa shape index (κ3) is 6.79. The summed E-state index contributed by atoms with van der Waals surface area (Å²) in [6, 6.07) is 15.5. The van der Waals surface area contributed by atoms with E-state index in [1.807, 2.05) is 49.4 Å². The van der Waals surface area contributed by atoms with Gasteiger partial charge in [0.1, 0.15) is 6.61 Å². The third-order valence-electron chi connectivity index (χ3n) is 4.23. The number of nitrogens with zero attached hydrogens (tertiary/aromatic N) is 1. The Kier molecular flexibility index (Phi) is 8.65. The number of ether oxygens (including phenoxy) is 2. The molecular weight excluding hydrogens is 356 g/mol. The zero-order chi connectivity index (χ0) is 20.4. The summed E-state index contributed by atoms with van der Waals surface area (Å²) >= 11 is 0. The van der Waals surface area contributed by atoms with Crippen LogP contribution in [0.1, 0.15) is 16.7 Å². The molecule has 0 radical (unpaired) electrons. The standard InChI is InChI=1S/C22H28N2O4/c1-17-5-4-6-19(13-17)15-24(22(26)16-28-3)20-9-7-18(8-10-20)14-21(25)23-11-12-27-2/h4-10,13H,11-12,14-16H2,1-3H3,(H,23,25). The monoisotopic (exact) mass is 384 g/mol. The van der Waals surface area contributed by atoms with E-state index in [0.717, 1.165) is 22.4 Å². The summed E-state index contributed by atoms with van der Waals surface area (Å²) in [6.07, 6.45) is 0.286. The fourth-order valence-electron chi connectivity index (χ4n) is 2.85. The van der Waals surface area contributed by atoms with Crippen LogP contribution >= 0.6 is 0 Å². The van der Waals surface area contributed by atoms with Crippen LogP contribution in [0.4, 0.5) is 5.69 Å². The number of rotatable bonds is 10. The number of hydrogen-bond acceptors (Lipinski definition) is 4. The molecule has 2 amide bonds. The molecule has 0 heterocycles. The minimum absolute atomic E-state index is 0.00940. The summed E-state index contributed by atoms with van der Waals surface area (Å²) in [6.45, 7) is 3.47. The van der Waals surface area contributed by atoms with Gasteiger partial charge in [0.05, 0.1) is 19.6 Å². The molecule has 0 atom stereocenters. The fourth-order valence-corrected chi connectivity index (χ4v) is 2.85. The van der Waals surface area contributed by atoms with E-state index in [2.05, 4.69) is 11.4 Å². The van der Waals surface area contributed by atoms with Gasteiger partial charge in [-0.2, -0.15) is 0 Å². The second kappa shape index (κ2) is 11.2. The van der Waals surface area contributed by atoms with Crippen LogP contribution in [0.2, 0.25) is 0 Å². The number of aryl methyl sites for hydroxylation is 1. The van der Waals surface area contributed by atoms with Crippen molar-refractivity contribution in [3.63, 3.8) is 0 Å². The van der Waals surface area contributed by atoms with Crippen molar-refractivity contribution in [3.05, 3.63) is 65.2 Å². The Morgan fingerprint density at radius 2 is 1.75 bits per heavy atom. The highest BCUT2D eigenvalue weighted by Gasteiger charge is 2.16. The molecule has 150 valence electrons. The van der Waals surface area contributed by atoms with Crippen molar-refractivity contribution in [2.45, 2.75) is 19.9 Å². The maximum absolute atomic E-state index is 12.6. The smallest absolute Gasteiger partial charge is 0.253 e. The van der Waals surface area contributed by atoms with Crippen LogP contribution < -0.4 is 10.2 Å². The van der Waals surface area contributed by atoms with Crippen molar-refractivity contribution >= 4 is 17.5 Å². The van der Waals surface area contributed by atoms with E-state index in [4.69, 9.17) is 9.47 Å². The van der Waals surface area contributed by atoms with Crippen LogP contribution in [0.25, 0.3) is 0 Å². The van der Waals surface area contributed by atoms with E-state index in [0.29, 0.717) is 19.7 Å². The number of anilines is 1. The summed E-state index contributed by atoms with van der Waals surface area (Å²) in [4.78, 5) is 26.2. The van der Waals surface area contributed by atoms with E-state index in [-0.39, 0.29) is 24.8 Å². The van der Waals surface area contributed by atoms with Gasteiger partial charge < -0.3 is 19.7 Å². The first-order chi connectivity index (χ1) is 13.5. The molecule has 0 aliphatic carbocycles. The lowest BCUT2D eigenvalue weighted by molar-refractivity contribution is -0.122. The molecule has 28 heavy (non-hydrogen) atoms. The lowest BCUT2D eigenvalue weighted by Crippen LogP contribution is -2.33. The molecule has 6 heteroatoms. The van der Waals surface area contributed by atoms with Crippen LogP contribution in [0, 0.1) is 6.92 Å². The van der Waals surface area contributed by atoms with Crippen molar-refractivity contribution in [1.82, 2.24) is 5.32 Å². The predicted octanol–water partition coefficient (Wildman–Crippen LogP) is 2.48. The number of nitrogens with one attached hydrogen (secondary N) is 1. The molecule has 1 N–H and O–H groups in total. The van der Waals surface area contributed by atoms with Crippen molar-refractivity contribution in [2.24, 2.45) is 0 Å². The Morgan fingerprint density at radius 3 is 2.39 bits per heavy atom. The minimum atomic E-state index is -0.117. The molecule has 6 nitrogen and oxygen atoms in total. The fraction of sp³-hybridized carbons (Fsp3) is 0.364. The summed E-state index contributed by atoms with van der Waals surface area (Å²) in [5.41, 5.74) is 3.85. The summed E-state index contributed by atoms with van der Waals surface area (Å²) < 4.78 is 9.96. The lowest BCUT2D eigenvalue weighted by atomic mass is 10.1. The van der Waals surface area contributed by atoms with Crippen molar-refractivity contribution < 1.29 is 19.1 Å². The molecule has 0 aliphatic rings. The van der Waals surface area contributed by atoms with E-state index in [9.17, 15) is 9.59 Å². The Hall–Kier alpha value is -2.70. The number of carbonyl (C=O) groups is 2. The largest absolute Gasteiger partial charge is 0.383 e. The number of carbonyl (C=O) groups excluding carboxylic acids is 2. The first kappa shape index (κ1) is 21.6. The van der Waals surface area contributed by atoms with Crippen molar-refractivity contribution in [1.29, 1.82) is 0 Å². The molecule has 0 aromatic heterocycles. The van der Waals surface area contributed by atoms with Gasteiger partial charge in [0.25, 0.3) is 5.91 Å². The highest BCUT2D eigenvalue weighted by atomic mass is 16.5. The molecule has 0 aliphatic heterocycles. The topological polar surface area (TPSA) is 67.9 Å². The molecule has 0 bridgehead atoms. The average molecular weight is 384 g/mol. The van der Waals surface area contributed by atoms with Gasteiger partial charge in [-0.1, -0.05) is 42.0 Å². The molecule has 2 aromatic rings. The predicted molar refractivity (Wildman–Crippen MR) is 109 cm³/mol. The van der Waals surface area contributed by atoms with Gasteiger partial charge in [-0.3, -0.25) is 9.59 Å². The van der Waals surface area contributed by atoms with Gasteiger partial charge in [-0.15, -0.1) is 0 Å². The first-order valence-electron chi connectivity index (χ1n) is 9.23. The van der Waals surface area contributed by atoms with Gasteiger partial charge in [0.15, 0.2) is 0 Å². The molecule has 0 spiro atoms. The van der Waals surface area contributed by atoms with Crippen LogP contribution in [-0.2, 0) is 32.0 Å². The van der Waals surface area contributed by atoms with Gasteiger partial charge in [0, 0.05) is 26.5 Å². The van der Waals surface area contributed by atoms with E-state index in [1.165, 1.54) is 7.11 Å². The molecule has 2 aromatic carbocycles. The maximum Gasteiger partial charge on any atom is 0.253 e. The van der Waals surface area contributed by atoms with Gasteiger partial charge in [0.2, 0.25) is 5.91 Å². The number of methoxy groups -OCH3 is 2. The quantitative estimate of drug-likeness (QED) is 0.639. The van der Waals surface area contributed by atoms with Crippen LogP contribution in [0.3, 0.4) is 0 Å². The van der Waals surface area contributed by atoms with E-state index >= 15 is 0 Å². The molecule has 0 saturated carbocycles. The van der Waals surface area contributed by atoms with Gasteiger partial charge in [-0.25, -0.2) is 0 Å². The normalized spacial score (nSPS) is 10.5. The third-order valence-corrected chi connectivity index (χ3v) is 4.23. The molecular formula is C22H28N2O4. The van der Waals surface area contributed by atoms with Crippen LogP contribution in [-0.4, -0.2) is 45.8 Å². The Bertz CT molecular complexity index is 774. The SMILES string of the molecule is COCCNC(=O)Cc1ccc(N(Cc2cccc(C)c2)C(=O)COC)cc1. The summed E-state index contributed by atoms with van der Waals surface area (Å²) in [5.74, 6) is -0.175. The summed E-state index contributed by atoms with van der Waals surface area (Å²) in [7, 11) is 3.10. The zero-order valence-electron chi connectivity index (χ0n) is 16.7. The average Bonchev–Trinajstić information content (AvgIpc) is 2.67. The first-order valence-corrected chi connectivity index (χ1v) is 9.23. The minimum Gasteiger partial charge on any atom is -0.383 e. The number of amides is 2. The van der Waals surface area contributed by atoms with Gasteiger partial charge in [-0.05, 0) is 30.2 Å². The second-order valence-electron chi connectivity index (χ2n) is 6.59. The van der Waals surface area contributed by atoms with E-state index in [1.54, 1.807) is 12.0 Å². The van der Waals surface area contributed by atoms with Crippen LogP contribution in [0.15, 0.2) is 48.5 Å². The lowest BCUT2D eigenvalue weighted by Gasteiger charge is -2.23. The molecule has 0 fully saturated rings. The molecule has 2 rings (SSSR count). The van der Waals surface area contributed by atoms with E-state index < -0.39 is 0 Å². The second-order valence-corrected chi connectivity index (χ2v) is 6.59. The number of benzene rings is 2. The summed E-state index contributed by atoms with van der Waals surface area (Å²) in [5, 5.41) is 2.80.